The summed E-state index contributed by atoms with van der Waals surface area (Å²) in [5.41, 5.74) is 2.94. The summed E-state index contributed by atoms with van der Waals surface area (Å²) >= 11 is 0. The second kappa shape index (κ2) is 10.0. The van der Waals surface area contributed by atoms with Crippen LogP contribution >= 0.6 is 0 Å². The Labute approximate surface area is 175 Å². The first kappa shape index (κ1) is 21.5. The van der Waals surface area contributed by atoms with Crippen LogP contribution in [0.15, 0.2) is 47.4 Å². The van der Waals surface area contributed by atoms with Gasteiger partial charge in [0.15, 0.2) is 0 Å². The number of benzene rings is 2. The van der Waals surface area contributed by atoms with E-state index in [1.165, 1.54) is 0 Å². The molecule has 1 fully saturated rings. The van der Waals surface area contributed by atoms with E-state index in [2.05, 4.69) is 10.6 Å². The highest BCUT2D eigenvalue weighted by Crippen LogP contribution is 2.28. The van der Waals surface area contributed by atoms with E-state index in [1.807, 2.05) is 49.5 Å². The molecule has 0 saturated heterocycles. The van der Waals surface area contributed by atoms with Gasteiger partial charge in [-0.3, -0.25) is 9.00 Å². The summed E-state index contributed by atoms with van der Waals surface area (Å²) in [4.78, 5) is 13.4. The Balaban J connectivity index is 1.72. The van der Waals surface area contributed by atoms with Crippen molar-refractivity contribution in [1.29, 1.82) is 0 Å². The van der Waals surface area contributed by atoms with E-state index in [1.54, 1.807) is 13.4 Å². The average Bonchev–Trinajstić information content (AvgIpc) is 2.77. The molecular weight excluding hydrogens is 384 g/mol. The van der Waals surface area contributed by atoms with Crippen LogP contribution in [0.2, 0.25) is 0 Å². The van der Waals surface area contributed by atoms with E-state index in [0.29, 0.717) is 12.6 Å². The second-order valence-electron chi connectivity index (χ2n) is 7.56. The molecule has 1 aliphatic carbocycles. The molecule has 2 aromatic carbocycles. The van der Waals surface area contributed by atoms with Gasteiger partial charge >= 0.3 is 0 Å². The van der Waals surface area contributed by atoms with Gasteiger partial charge in [-0.1, -0.05) is 18.2 Å². The lowest BCUT2D eigenvalue weighted by Crippen LogP contribution is -2.37. The maximum Gasteiger partial charge on any atom is 0.223 e. The average molecular weight is 415 g/mol. The molecule has 0 aromatic heterocycles. The molecule has 1 atom stereocenters. The Morgan fingerprint density at radius 1 is 1.10 bits per heavy atom. The summed E-state index contributed by atoms with van der Waals surface area (Å²) in [6, 6.07) is 14.2. The Hall–Kier alpha value is -2.18. The molecule has 1 aliphatic rings. The highest BCUT2D eigenvalue weighted by molar-refractivity contribution is 7.84. The Kier molecular flexibility index (Phi) is 7.45. The molecule has 29 heavy (non-hydrogen) atoms. The summed E-state index contributed by atoms with van der Waals surface area (Å²) in [6.07, 6.45) is 5.62. The zero-order chi connectivity index (χ0) is 20.8. The van der Waals surface area contributed by atoms with Crippen molar-refractivity contribution in [3.05, 3.63) is 48.0 Å². The molecule has 0 radical (unpaired) electrons. The molecule has 156 valence electrons. The van der Waals surface area contributed by atoms with Crippen LogP contribution < -0.4 is 15.4 Å². The van der Waals surface area contributed by atoms with Crippen LogP contribution in [0.1, 0.15) is 31.2 Å². The third kappa shape index (κ3) is 5.46. The topological polar surface area (TPSA) is 67.4 Å². The van der Waals surface area contributed by atoms with E-state index in [4.69, 9.17) is 4.74 Å². The SMILES string of the molecule is CNC1CCC(C(=O)NCc2cc(-c3cccc(S(C)=O)c3)ccc2OC)CC1. The van der Waals surface area contributed by atoms with Crippen LogP contribution in [0.4, 0.5) is 0 Å². The van der Waals surface area contributed by atoms with E-state index in [-0.39, 0.29) is 11.8 Å². The van der Waals surface area contributed by atoms with Crippen molar-refractivity contribution in [2.75, 3.05) is 20.4 Å². The van der Waals surface area contributed by atoms with Gasteiger partial charge in [-0.25, -0.2) is 0 Å². The summed E-state index contributed by atoms with van der Waals surface area (Å²) in [6.45, 7) is 0.432. The third-order valence-corrected chi connectivity index (χ3v) is 6.66. The predicted molar refractivity (Wildman–Crippen MR) is 117 cm³/mol. The van der Waals surface area contributed by atoms with Crippen molar-refractivity contribution >= 4 is 16.7 Å². The minimum Gasteiger partial charge on any atom is -0.496 e. The van der Waals surface area contributed by atoms with Crippen molar-refractivity contribution in [1.82, 2.24) is 10.6 Å². The molecule has 5 nitrogen and oxygen atoms in total. The lowest BCUT2D eigenvalue weighted by atomic mass is 9.85. The first-order chi connectivity index (χ1) is 14.0. The maximum atomic E-state index is 12.6. The molecule has 0 aliphatic heterocycles. The van der Waals surface area contributed by atoms with E-state index in [0.717, 1.165) is 53.0 Å². The highest BCUT2D eigenvalue weighted by atomic mass is 32.2. The van der Waals surface area contributed by atoms with Crippen LogP contribution in [0.3, 0.4) is 0 Å². The van der Waals surface area contributed by atoms with Crippen molar-refractivity contribution in [3.63, 3.8) is 0 Å². The largest absolute Gasteiger partial charge is 0.496 e. The molecule has 1 saturated carbocycles. The zero-order valence-electron chi connectivity index (χ0n) is 17.4. The van der Waals surface area contributed by atoms with Gasteiger partial charge in [-0.2, -0.15) is 0 Å². The van der Waals surface area contributed by atoms with Crippen LogP contribution in [-0.4, -0.2) is 36.6 Å². The quantitative estimate of drug-likeness (QED) is 0.728. The Morgan fingerprint density at radius 3 is 2.48 bits per heavy atom. The second-order valence-corrected chi connectivity index (χ2v) is 8.94. The van der Waals surface area contributed by atoms with Crippen molar-refractivity contribution in [2.45, 2.75) is 43.2 Å². The fourth-order valence-electron chi connectivity index (χ4n) is 3.92. The number of amides is 1. The fourth-order valence-corrected chi connectivity index (χ4v) is 4.48. The number of ether oxygens (including phenoxy) is 1. The normalized spacial score (nSPS) is 20.1. The summed E-state index contributed by atoms with van der Waals surface area (Å²) in [7, 11) is 2.60. The Morgan fingerprint density at radius 2 is 1.83 bits per heavy atom. The van der Waals surface area contributed by atoms with E-state index >= 15 is 0 Å². The number of hydrogen-bond acceptors (Lipinski definition) is 4. The number of carbonyl (C=O) groups excluding carboxylic acids is 1. The first-order valence-corrected chi connectivity index (χ1v) is 11.6. The summed E-state index contributed by atoms with van der Waals surface area (Å²) in [5, 5.41) is 6.40. The summed E-state index contributed by atoms with van der Waals surface area (Å²) < 4.78 is 17.3. The van der Waals surface area contributed by atoms with Crippen LogP contribution in [0, 0.1) is 5.92 Å². The van der Waals surface area contributed by atoms with Gasteiger partial charge < -0.3 is 15.4 Å². The molecule has 0 bridgehead atoms. The van der Waals surface area contributed by atoms with Gasteiger partial charge in [0.25, 0.3) is 0 Å². The maximum absolute atomic E-state index is 12.6. The number of nitrogens with one attached hydrogen (secondary N) is 2. The lowest BCUT2D eigenvalue weighted by molar-refractivity contribution is -0.126. The van der Waals surface area contributed by atoms with Gasteiger partial charge in [0.2, 0.25) is 5.91 Å². The van der Waals surface area contributed by atoms with Crippen molar-refractivity contribution in [2.24, 2.45) is 5.92 Å². The number of carbonyl (C=O) groups is 1. The number of hydrogen-bond donors (Lipinski definition) is 2. The minimum atomic E-state index is -1.03. The van der Waals surface area contributed by atoms with Gasteiger partial charge in [-0.05, 0) is 68.1 Å². The third-order valence-electron chi connectivity index (χ3n) is 5.74. The molecule has 0 heterocycles. The standard InChI is InChI=1S/C23H30N2O3S/c1-24-20-10-7-16(8-11-20)23(26)25-15-19-13-18(9-12-22(19)28-2)17-5-4-6-21(14-17)29(3)27/h4-6,9,12-14,16,20,24H,7-8,10-11,15H2,1-3H3,(H,25,26). The fraction of sp³-hybridized carbons (Fsp3) is 0.435. The van der Waals surface area contributed by atoms with E-state index < -0.39 is 10.8 Å². The van der Waals surface area contributed by atoms with Gasteiger partial charge in [0.05, 0.1) is 7.11 Å². The van der Waals surface area contributed by atoms with Crippen LogP contribution in [-0.2, 0) is 22.1 Å². The molecule has 2 aromatic rings. The number of rotatable bonds is 7. The molecule has 2 N–H and O–H groups in total. The molecular formula is C23H30N2O3S. The number of methoxy groups -OCH3 is 1. The van der Waals surface area contributed by atoms with Gasteiger partial charge in [0, 0.05) is 46.0 Å². The zero-order valence-corrected chi connectivity index (χ0v) is 18.2. The van der Waals surface area contributed by atoms with Crippen molar-refractivity contribution < 1.29 is 13.7 Å². The molecule has 6 heteroatoms. The minimum absolute atomic E-state index is 0.0880. The van der Waals surface area contributed by atoms with Gasteiger partial charge in [-0.15, -0.1) is 0 Å². The summed E-state index contributed by atoms with van der Waals surface area (Å²) in [5.74, 6) is 0.962. The predicted octanol–water partition coefficient (Wildman–Crippen LogP) is 3.49. The van der Waals surface area contributed by atoms with E-state index in [9.17, 15) is 9.00 Å². The monoisotopic (exact) mass is 414 g/mol. The first-order valence-electron chi connectivity index (χ1n) is 10.1. The molecule has 1 unspecified atom stereocenters. The molecule has 3 rings (SSSR count). The van der Waals surface area contributed by atoms with Crippen molar-refractivity contribution in [3.8, 4) is 16.9 Å². The van der Waals surface area contributed by atoms with Crippen LogP contribution in [0.5, 0.6) is 5.75 Å². The molecule has 0 spiro atoms. The van der Waals surface area contributed by atoms with Gasteiger partial charge in [0.1, 0.15) is 5.75 Å². The smallest absolute Gasteiger partial charge is 0.223 e. The molecule has 1 amide bonds. The van der Waals surface area contributed by atoms with Crippen LogP contribution in [0.25, 0.3) is 11.1 Å². The highest BCUT2D eigenvalue weighted by Gasteiger charge is 2.25. The lowest BCUT2D eigenvalue weighted by Gasteiger charge is -2.27. The Bertz CT molecular complexity index is 876.